The van der Waals surface area contributed by atoms with Crippen molar-refractivity contribution in [3.63, 3.8) is 0 Å². The van der Waals surface area contributed by atoms with Gasteiger partial charge < -0.3 is 16.4 Å². The quantitative estimate of drug-likeness (QED) is 0.617. The van der Waals surface area contributed by atoms with Crippen molar-refractivity contribution in [1.82, 2.24) is 15.5 Å². The summed E-state index contributed by atoms with van der Waals surface area (Å²) in [5.74, 6) is -0.411. The molecule has 0 saturated carbocycles. The number of amides is 4. The van der Waals surface area contributed by atoms with Crippen molar-refractivity contribution in [3.05, 3.63) is 35.4 Å². The Labute approximate surface area is 141 Å². The Morgan fingerprint density at radius 2 is 2.04 bits per heavy atom. The number of unbranched alkanes of at least 4 members (excludes halogenated alkanes) is 1. The third-order valence-corrected chi connectivity index (χ3v) is 4.02. The number of benzene rings is 1. The number of hydrogen-bond donors (Lipinski definition) is 3. The van der Waals surface area contributed by atoms with Gasteiger partial charge in [-0.05, 0) is 24.1 Å². The Morgan fingerprint density at radius 1 is 1.33 bits per heavy atom. The molecule has 1 aliphatic rings. The van der Waals surface area contributed by atoms with Gasteiger partial charge in [-0.2, -0.15) is 0 Å². The monoisotopic (exact) mass is 332 g/mol. The van der Waals surface area contributed by atoms with Gasteiger partial charge in [0, 0.05) is 18.2 Å². The molecule has 1 aromatic carbocycles. The number of carbonyl (C=O) groups excluding carboxylic acids is 3. The Morgan fingerprint density at radius 3 is 2.58 bits per heavy atom. The van der Waals surface area contributed by atoms with Crippen molar-refractivity contribution < 1.29 is 14.4 Å². The van der Waals surface area contributed by atoms with Crippen LogP contribution in [0.3, 0.4) is 0 Å². The van der Waals surface area contributed by atoms with Crippen molar-refractivity contribution >= 4 is 17.8 Å². The van der Waals surface area contributed by atoms with Crippen LogP contribution in [-0.4, -0.2) is 41.9 Å². The van der Waals surface area contributed by atoms with Crippen LogP contribution in [0.1, 0.15) is 42.1 Å². The Balaban J connectivity index is 1.94. The van der Waals surface area contributed by atoms with E-state index < -0.39 is 0 Å². The number of nitrogens with one attached hydrogen (secondary N) is 2. The fourth-order valence-electron chi connectivity index (χ4n) is 2.53. The third-order valence-electron chi connectivity index (χ3n) is 4.02. The molecule has 1 saturated heterocycles. The van der Waals surface area contributed by atoms with Crippen LogP contribution in [0.25, 0.3) is 0 Å². The topological polar surface area (TPSA) is 105 Å². The maximum absolute atomic E-state index is 12.2. The van der Waals surface area contributed by atoms with Crippen molar-refractivity contribution in [2.45, 2.75) is 38.8 Å². The molecule has 2 rings (SSSR count). The molecule has 7 heteroatoms. The second-order valence-corrected chi connectivity index (χ2v) is 5.88. The van der Waals surface area contributed by atoms with E-state index in [9.17, 15) is 14.4 Å². The van der Waals surface area contributed by atoms with Gasteiger partial charge in [-0.1, -0.05) is 31.9 Å². The smallest absolute Gasteiger partial charge is 0.324 e. The first kappa shape index (κ1) is 17.9. The van der Waals surface area contributed by atoms with Crippen LogP contribution in [-0.2, 0) is 11.3 Å². The minimum Gasteiger partial charge on any atom is -0.348 e. The summed E-state index contributed by atoms with van der Waals surface area (Å²) in [6.45, 7) is 2.75. The number of hydrogen-bond acceptors (Lipinski definition) is 4. The molecule has 0 radical (unpaired) electrons. The summed E-state index contributed by atoms with van der Waals surface area (Å²) in [7, 11) is 0. The second-order valence-electron chi connectivity index (χ2n) is 5.88. The molecule has 1 fully saturated rings. The lowest BCUT2D eigenvalue weighted by molar-refractivity contribution is -0.125. The standard InChI is InChI=1S/C17H24N4O3/c1-2-3-4-14(9-18)20-16(23)13-7-5-12(6-8-13)11-21-15(22)10-19-17(21)24/h5-8,14H,2-4,9-11,18H2,1H3,(H,19,24)(H,20,23). The van der Waals surface area contributed by atoms with Gasteiger partial charge in [0.1, 0.15) is 0 Å². The molecule has 1 unspecified atom stereocenters. The molecule has 24 heavy (non-hydrogen) atoms. The maximum Gasteiger partial charge on any atom is 0.324 e. The molecular weight excluding hydrogens is 308 g/mol. The summed E-state index contributed by atoms with van der Waals surface area (Å²) in [6.07, 6.45) is 2.94. The van der Waals surface area contributed by atoms with Crippen molar-refractivity contribution in [2.24, 2.45) is 5.73 Å². The lowest BCUT2D eigenvalue weighted by Gasteiger charge is -2.17. The molecule has 1 atom stereocenters. The van der Waals surface area contributed by atoms with E-state index in [4.69, 9.17) is 5.73 Å². The first-order valence-corrected chi connectivity index (χ1v) is 8.23. The number of carbonyl (C=O) groups is 3. The van der Waals surface area contributed by atoms with Crippen LogP contribution < -0.4 is 16.4 Å². The van der Waals surface area contributed by atoms with Crippen molar-refractivity contribution in [3.8, 4) is 0 Å². The van der Waals surface area contributed by atoms with E-state index in [2.05, 4.69) is 17.6 Å². The van der Waals surface area contributed by atoms with Gasteiger partial charge in [-0.15, -0.1) is 0 Å². The van der Waals surface area contributed by atoms with Crippen LogP contribution in [0.5, 0.6) is 0 Å². The zero-order valence-corrected chi connectivity index (χ0v) is 13.9. The van der Waals surface area contributed by atoms with Crippen molar-refractivity contribution in [2.75, 3.05) is 13.1 Å². The maximum atomic E-state index is 12.2. The van der Waals surface area contributed by atoms with E-state index >= 15 is 0 Å². The van der Waals surface area contributed by atoms with Gasteiger partial charge in [-0.3, -0.25) is 14.5 Å². The molecule has 4 N–H and O–H groups in total. The molecule has 0 aliphatic carbocycles. The lowest BCUT2D eigenvalue weighted by atomic mass is 10.1. The normalized spacial score (nSPS) is 15.3. The predicted molar refractivity (Wildman–Crippen MR) is 90.2 cm³/mol. The van der Waals surface area contributed by atoms with Gasteiger partial charge in [-0.25, -0.2) is 4.79 Å². The molecule has 0 bridgehead atoms. The van der Waals surface area contributed by atoms with Gasteiger partial charge in [0.2, 0.25) is 5.91 Å². The van der Waals surface area contributed by atoms with Gasteiger partial charge in [0.05, 0.1) is 13.1 Å². The Bertz CT molecular complexity index is 584. The van der Waals surface area contributed by atoms with Crippen LogP contribution in [0.2, 0.25) is 0 Å². The summed E-state index contributed by atoms with van der Waals surface area (Å²) >= 11 is 0. The predicted octanol–water partition coefficient (Wildman–Crippen LogP) is 0.986. The number of urea groups is 1. The lowest BCUT2D eigenvalue weighted by Crippen LogP contribution is -2.40. The molecular formula is C17H24N4O3. The molecule has 0 aromatic heterocycles. The highest BCUT2D eigenvalue weighted by atomic mass is 16.2. The Hall–Kier alpha value is -2.41. The highest BCUT2D eigenvalue weighted by Gasteiger charge is 2.28. The fraction of sp³-hybridized carbons (Fsp3) is 0.471. The van der Waals surface area contributed by atoms with Gasteiger partial charge in [0.25, 0.3) is 5.91 Å². The first-order chi connectivity index (χ1) is 11.5. The fourth-order valence-corrected chi connectivity index (χ4v) is 2.53. The summed E-state index contributed by atoms with van der Waals surface area (Å²) in [5, 5.41) is 5.41. The number of imide groups is 1. The second kappa shape index (κ2) is 8.44. The molecule has 130 valence electrons. The van der Waals surface area contributed by atoms with E-state index in [0.717, 1.165) is 29.7 Å². The number of rotatable bonds is 8. The zero-order chi connectivity index (χ0) is 17.5. The Kier molecular flexibility index (Phi) is 6.31. The van der Waals surface area contributed by atoms with E-state index in [-0.39, 0.29) is 37.0 Å². The third kappa shape index (κ3) is 4.55. The molecule has 7 nitrogen and oxygen atoms in total. The first-order valence-electron chi connectivity index (χ1n) is 8.23. The average molecular weight is 332 g/mol. The minimum absolute atomic E-state index is 0.0250. The van der Waals surface area contributed by atoms with Gasteiger partial charge >= 0.3 is 6.03 Å². The number of nitrogens with two attached hydrogens (primary N) is 1. The number of nitrogens with zero attached hydrogens (tertiary/aromatic N) is 1. The van der Waals surface area contributed by atoms with Crippen molar-refractivity contribution in [1.29, 1.82) is 0 Å². The SMILES string of the molecule is CCCCC(CN)NC(=O)c1ccc(CN2C(=O)CNC2=O)cc1. The van der Waals surface area contributed by atoms with Gasteiger partial charge in [0.15, 0.2) is 0 Å². The van der Waals surface area contributed by atoms with E-state index in [1.165, 1.54) is 0 Å². The largest absolute Gasteiger partial charge is 0.348 e. The summed E-state index contributed by atoms with van der Waals surface area (Å²) in [4.78, 5) is 36.5. The van der Waals surface area contributed by atoms with Crippen LogP contribution in [0, 0.1) is 0 Å². The van der Waals surface area contributed by atoms with Crippen LogP contribution in [0.4, 0.5) is 4.79 Å². The van der Waals surface area contributed by atoms with Crippen LogP contribution in [0.15, 0.2) is 24.3 Å². The average Bonchev–Trinajstić information content (AvgIpc) is 2.91. The van der Waals surface area contributed by atoms with Crippen LogP contribution >= 0.6 is 0 Å². The molecule has 1 heterocycles. The van der Waals surface area contributed by atoms with E-state index in [1.54, 1.807) is 24.3 Å². The summed E-state index contributed by atoms with van der Waals surface area (Å²) < 4.78 is 0. The summed E-state index contributed by atoms with van der Waals surface area (Å²) in [5.41, 5.74) is 7.01. The summed E-state index contributed by atoms with van der Waals surface area (Å²) in [6, 6.07) is 6.47. The highest BCUT2D eigenvalue weighted by molar-refractivity contribution is 6.01. The molecule has 1 aliphatic heterocycles. The molecule has 4 amide bonds. The highest BCUT2D eigenvalue weighted by Crippen LogP contribution is 2.11. The van der Waals surface area contributed by atoms with E-state index in [1.807, 2.05) is 0 Å². The molecule has 1 aromatic rings. The minimum atomic E-state index is -0.386. The van der Waals surface area contributed by atoms with E-state index in [0.29, 0.717) is 12.1 Å². The zero-order valence-electron chi connectivity index (χ0n) is 13.9. The molecule has 0 spiro atoms.